The Morgan fingerprint density at radius 2 is 1.89 bits per heavy atom. The number of para-hydroxylation sites is 2. The smallest absolute Gasteiger partial charge is 0.128 e. The van der Waals surface area contributed by atoms with Gasteiger partial charge in [0, 0.05) is 16.0 Å². The fourth-order valence-electron chi connectivity index (χ4n) is 3.01. The summed E-state index contributed by atoms with van der Waals surface area (Å²) in [5.74, 6) is 1.66. The Morgan fingerprint density at radius 3 is 2.74 bits per heavy atom. The van der Waals surface area contributed by atoms with Crippen LogP contribution in [0.25, 0.3) is 32.4 Å². The topological polar surface area (TPSA) is 54.5 Å². The Hall–Kier alpha value is -2.41. The standard InChI is InChI=1S/C20H13ClN4S2/c21-13-7-5-12(6-8-13)14-9-26-19-18(14)20(23-11-22-19)27-10-17-24-15-3-1-2-4-16(15)25-17/h1-9,11H,10H2,(H,24,25). The minimum Gasteiger partial charge on any atom is -0.341 e. The zero-order chi connectivity index (χ0) is 18.2. The summed E-state index contributed by atoms with van der Waals surface area (Å²) in [4.78, 5) is 18.0. The summed E-state index contributed by atoms with van der Waals surface area (Å²) in [6.07, 6.45) is 1.63. The Morgan fingerprint density at radius 1 is 1.04 bits per heavy atom. The number of aromatic amines is 1. The quantitative estimate of drug-likeness (QED) is 0.285. The van der Waals surface area contributed by atoms with E-state index in [2.05, 4.69) is 25.3 Å². The van der Waals surface area contributed by atoms with Gasteiger partial charge in [-0.25, -0.2) is 15.0 Å². The van der Waals surface area contributed by atoms with Gasteiger partial charge in [0.15, 0.2) is 0 Å². The molecule has 0 radical (unpaired) electrons. The number of hydrogen-bond acceptors (Lipinski definition) is 5. The molecule has 5 rings (SSSR count). The van der Waals surface area contributed by atoms with Gasteiger partial charge in [-0.1, -0.05) is 47.6 Å². The second kappa shape index (κ2) is 6.96. The number of thiophene rings is 1. The van der Waals surface area contributed by atoms with Crippen LogP contribution in [0.2, 0.25) is 5.02 Å². The molecule has 0 saturated carbocycles. The van der Waals surface area contributed by atoms with E-state index >= 15 is 0 Å². The van der Waals surface area contributed by atoms with E-state index in [1.807, 2.05) is 48.5 Å². The van der Waals surface area contributed by atoms with Crippen LogP contribution in [0.1, 0.15) is 5.82 Å². The fourth-order valence-corrected chi connectivity index (χ4v) is 5.00. The minimum atomic E-state index is 0.719. The molecule has 3 heterocycles. The van der Waals surface area contributed by atoms with Crippen LogP contribution in [-0.2, 0) is 5.75 Å². The van der Waals surface area contributed by atoms with Gasteiger partial charge in [0.25, 0.3) is 0 Å². The van der Waals surface area contributed by atoms with Crippen LogP contribution in [0.5, 0.6) is 0 Å². The highest BCUT2D eigenvalue weighted by atomic mass is 35.5. The third kappa shape index (κ3) is 3.20. The number of thioether (sulfide) groups is 1. The zero-order valence-electron chi connectivity index (χ0n) is 14.0. The second-order valence-electron chi connectivity index (χ2n) is 6.00. The van der Waals surface area contributed by atoms with E-state index < -0.39 is 0 Å². The van der Waals surface area contributed by atoms with Crippen molar-refractivity contribution >= 4 is 55.9 Å². The summed E-state index contributed by atoms with van der Waals surface area (Å²) in [5.41, 5.74) is 4.29. The summed E-state index contributed by atoms with van der Waals surface area (Å²) < 4.78 is 0. The monoisotopic (exact) mass is 408 g/mol. The van der Waals surface area contributed by atoms with Crippen LogP contribution in [0, 0.1) is 0 Å². The first-order chi connectivity index (χ1) is 13.3. The van der Waals surface area contributed by atoms with E-state index in [1.165, 1.54) is 0 Å². The molecule has 0 aliphatic heterocycles. The van der Waals surface area contributed by atoms with Crippen molar-refractivity contribution < 1.29 is 0 Å². The molecule has 0 bridgehead atoms. The van der Waals surface area contributed by atoms with Crippen molar-refractivity contribution in [2.45, 2.75) is 10.8 Å². The molecule has 0 aliphatic rings. The third-order valence-electron chi connectivity index (χ3n) is 4.27. The molecule has 0 unspecified atom stereocenters. The Kier molecular flexibility index (Phi) is 4.32. The van der Waals surface area contributed by atoms with Crippen molar-refractivity contribution in [2.24, 2.45) is 0 Å². The number of halogens is 1. The summed E-state index contributed by atoms with van der Waals surface area (Å²) in [5, 5.41) is 4.92. The van der Waals surface area contributed by atoms with Gasteiger partial charge in [0.05, 0.1) is 22.2 Å². The molecule has 3 aromatic heterocycles. The highest BCUT2D eigenvalue weighted by Gasteiger charge is 2.14. The number of fused-ring (bicyclic) bond motifs is 2. The van der Waals surface area contributed by atoms with E-state index in [4.69, 9.17) is 11.6 Å². The fraction of sp³-hybridized carbons (Fsp3) is 0.0500. The largest absolute Gasteiger partial charge is 0.341 e. The first-order valence-electron chi connectivity index (χ1n) is 8.32. The van der Waals surface area contributed by atoms with Crippen molar-refractivity contribution in [2.75, 3.05) is 0 Å². The molecule has 1 N–H and O–H groups in total. The molecule has 0 fully saturated rings. The average Bonchev–Trinajstić information content (AvgIpc) is 3.31. The summed E-state index contributed by atoms with van der Waals surface area (Å²) >= 11 is 9.34. The van der Waals surface area contributed by atoms with Gasteiger partial charge in [0.1, 0.15) is 22.0 Å². The minimum absolute atomic E-state index is 0.719. The summed E-state index contributed by atoms with van der Waals surface area (Å²) in [6.45, 7) is 0. The Bertz CT molecular complexity index is 1210. The number of benzene rings is 2. The molecule has 0 saturated heterocycles. The maximum Gasteiger partial charge on any atom is 0.128 e. The summed E-state index contributed by atoms with van der Waals surface area (Å²) in [7, 11) is 0. The molecule has 0 spiro atoms. The number of H-pyrrole nitrogens is 1. The average molecular weight is 409 g/mol. The first-order valence-corrected chi connectivity index (χ1v) is 10.6. The SMILES string of the molecule is Clc1ccc(-c2csc3ncnc(SCc4nc5ccccc5[nH]4)c23)cc1. The van der Waals surface area contributed by atoms with Gasteiger partial charge in [-0.15, -0.1) is 11.3 Å². The molecule has 7 heteroatoms. The van der Waals surface area contributed by atoms with Crippen LogP contribution < -0.4 is 0 Å². The van der Waals surface area contributed by atoms with Crippen molar-refractivity contribution in [3.8, 4) is 11.1 Å². The summed E-state index contributed by atoms with van der Waals surface area (Å²) in [6, 6.07) is 15.9. The van der Waals surface area contributed by atoms with Gasteiger partial charge >= 0.3 is 0 Å². The Balaban J connectivity index is 1.51. The molecule has 27 heavy (non-hydrogen) atoms. The van der Waals surface area contributed by atoms with E-state index in [9.17, 15) is 0 Å². The molecular weight excluding hydrogens is 396 g/mol. The Labute approximate surface area is 168 Å². The maximum atomic E-state index is 6.04. The number of imidazole rings is 1. The predicted molar refractivity (Wildman–Crippen MR) is 114 cm³/mol. The highest BCUT2D eigenvalue weighted by Crippen LogP contribution is 2.38. The number of nitrogens with one attached hydrogen (secondary N) is 1. The first kappa shape index (κ1) is 16.7. The normalized spacial score (nSPS) is 11.4. The van der Waals surface area contributed by atoms with Crippen LogP contribution in [-0.4, -0.2) is 19.9 Å². The highest BCUT2D eigenvalue weighted by molar-refractivity contribution is 7.98. The van der Waals surface area contributed by atoms with E-state index in [0.29, 0.717) is 0 Å². The number of rotatable bonds is 4. The molecule has 132 valence electrons. The molecular formula is C20H13ClN4S2. The molecule has 4 nitrogen and oxygen atoms in total. The van der Waals surface area contributed by atoms with E-state index in [1.54, 1.807) is 29.4 Å². The third-order valence-corrected chi connectivity index (χ3v) is 6.41. The van der Waals surface area contributed by atoms with E-state index in [0.717, 1.165) is 54.0 Å². The van der Waals surface area contributed by atoms with Crippen molar-refractivity contribution in [3.05, 3.63) is 71.1 Å². The molecule has 0 amide bonds. The van der Waals surface area contributed by atoms with Gasteiger partial charge in [-0.3, -0.25) is 0 Å². The lowest BCUT2D eigenvalue weighted by atomic mass is 10.1. The number of aromatic nitrogens is 4. The van der Waals surface area contributed by atoms with Gasteiger partial charge in [0.2, 0.25) is 0 Å². The second-order valence-corrected chi connectivity index (χ2v) is 8.26. The predicted octanol–water partition coefficient (Wildman–Crippen LogP) is 6.18. The van der Waals surface area contributed by atoms with Gasteiger partial charge < -0.3 is 4.98 Å². The lowest BCUT2D eigenvalue weighted by molar-refractivity contribution is 1.09. The molecule has 0 atom stereocenters. The van der Waals surface area contributed by atoms with Gasteiger partial charge in [-0.05, 0) is 29.8 Å². The molecule has 5 aromatic rings. The lowest BCUT2D eigenvalue weighted by Crippen LogP contribution is -1.88. The molecule has 0 aliphatic carbocycles. The molecule has 2 aromatic carbocycles. The van der Waals surface area contributed by atoms with Gasteiger partial charge in [-0.2, -0.15) is 0 Å². The van der Waals surface area contributed by atoms with Crippen molar-refractivity contribution in [1.29, 1.82) is 0 Å². The maximum absolute atomic E-state index is 6.04. The van der Waals surface area contributed by atoms with Crippen LogP contribution in [0.4, 0.5) is 0 Å². The number of hydrogen-bond donors (Lipinski definition) is 1. The van der Waals surface area contributed by atoms with Crippen molar-refractivity contribution in [1.82, 2.24) is 19.9 Å². The van der Waals surface area contributed by atoms with Crippen molar-refractivity contribution in [3.63, 3.8) is 0 Å². The van der Waals surface area contributed by atoms with Crippen LogP contribution in [0.15, 0.2) is 65.3 Å². The van der Waals surface area contributed by atoms with Crippen LogP contribution >= 0.6 is 34.7 Å². The zero-order valence-corrected chi connectivity index (χ0v) is 16.4. The van der Waals surface area contributed by atoms with Crippen LogP contribution in [0.3, 0.4) is 0 Å². The van der Waals surface area contributed by atoms with E-state index in [-0.39, 0.29) is 0 Å². The lowest BCUT2D eigenvalue weighted by Gasteiger charge is -2.05. The number of nitrogens with zero attached hydrogens (tertiary/aromatic N) is 3.